The third kappa shape index (κ3) is 1.71. The fourth-order valence-corrected chi connectivity index (χ4v) is 1.73. The van der Waals surface area contributed by atoms with Crippen molar-refractivity contribution in [1.29, 1.82) is 0 Å². The first kappa shape index (κ1) is 10.8. The molecule has 0 radical (unpaired) electrons. The van der Waals surface area contributed by atoms with Gasteiger partial charge in [-0.15, -0.1) is 10.2 Å². The largest absolute Gasteiger partial charge is 0.303 e. The van der Waals surface area contributed by atoms with E-state index < -0.39 is 0 Å². The minimum Gasteiger partial charge on any atom is -0.303 e. The van der Waals surface area contributed by atoms with E-state index in [0.29, 0.717) is 6.42 Å². The fraction of sp³-hybridized carbons (Fsp3) is 0.417. The van der Waals surface area contributed by atoms with E-state index in [1.807, 2.05) is 22.7 Å². The summed E-state index contributed by atoms with van der Waals surface area (Å²) in [5.41, 5.74) is 1.64. The van der Waals surface area contributed by atoms with Crippen molar-refractivity contribution < 1.29 is 4.79 Å². The van der Waals surface area contributed by atoms with Crippen LogP contribution in [0.15, 0.2) is 18.3 Å². The maximum absolute atomic E-state index is 10.6. The molecule has 0 aliphatic rings. The lowest BCUT2D eigenvalue weighted by atomic mass is 9.96. The molecule has 0 spiro atoms. The summed E-state index contributed by atoms with van der Waals surface area (Å²) in [5.74, 6) is 0.912. The monoisotopic (exact) mass is 217 g/mol. The number of hydrogen-bond donors (Lipinski definition) is 0. The Morgan fingerprint density at radius 2 is 2.12 bits per heavy atom. The predicted molar refractivity (Wildman–Crippen MR) is 61.5 cm³/mol. The third-order valence-electron chi connectivity index (χ3n) is 2.49. The maximum Gasteiger partial charge on any atom is 0.164 e. The number of fused-ring (bicyclic) bond motifs is 1. The molecule has 2 heterocycles. The lowest BCUT2D eigenvalue weighted by Gasteiger charge is -2.15. The van der Waals surface area contributed by atoms with Gasteiger partial charge in [-0.3, -0.25) is 4.40 Å². The molecule has 0 unspecified atom stereocenters. The molecule has 0 atom stereocenters. The fourth-order valence-electron chi connectivity index (χ4n) is 1.73. The van der Waals surface area contributed by atoms with E-state index in [0.717, 1.165) is 23.3 Å². The highest BCUT2D eigenvalue weighted by atomic mass is 16.1. The number of aromatic nitrogens is 3. The number of aldehydes is 1. The van der Waals surface area contributed by atoms with Crippen LogP contribution in [0.1, 0.15) is 32.2 Å². The predicted octanol–water partition coefficient (Wildman–Crippen LogP) is 1.77. The molecule has 2 aromatic heterocycles. The van der Waals surface area contributed by atoms with Gasteiger partial charge in [0.2, 0.25) is 0 Å². The first-order chi connectivity index (χ1) is 7.54. The quantitative estimate of drug-likeness (QED) is 0.720. The zero-order valence-corrected chi connectivity index (χ0v) is 9.77. The topological polar surface area (TPSA) is 47.3 Å². The summed E-state index contributed by atoms with van der Waals surface area (Å²) in [4.78, 5) is 10.6. The average molecular weight is 217 g/mol. The van der Waals surface area contributed by atoms with Crippen LogP contribution >= 0.6 is 0 Å². The van der Waals surface area contributed by atoms with Crippen molar-refractivity contribution in [3.05, 3.63) is 29.7 Å². The summed E-state index contributed by atoms with van der Waals surface area (Å²) in [6.45, 7) is 6.28. The zero-order valence-electron chi connectivity index (χ0n) is 9.77. The summed E-state index contributed by atoms with van der Waals surface area (Å²) in [6.07, 6.45) is 3.21. The summed E-state index contributed by atoms with van der Waals surface area (Å²) >= 11 is 0. The molecule has 2 aromatic rings. The molecule has 4 nitrogen and oxygen atoms in total. The Balaban J connectivity index is 2.66. The highest BCUT2D eigenvalue weighted by molar-refractivity contribution is 5.61. The number of carbonyl (C=O) groups is 1. The Hall–Kier alpha value is -1.71. The Morgan fingerprint density at radius 3 is 2.75 bits per heavy atom. The van der Waals surface area contributed by atoms with Crippen molar-refractivity contribution in [2.45, 2.75) is 32.6 Å². The second-order valence-electron chi connectivity index (χ2n) is 4.87. The van der Waals surface area contributed by atoms with Crippen molar-refractivity contribution in [3.63, 3.8) is 0 Å². The number of pyridine rings is 1. The van der Waals surface area contributed by atoms with Crippen LogP contribution in [0.25, 0.3) is 5.65 Å². The highest BCUT2D eigenvalue weighted by Gasteiger charge is 2.21. The molecule has 0 bridgehead atoms. The van der Waals surface area contributed by atoms with E-state index >= 15 is 0 Å². The van der Waals surface area contributed by atoms with Gasteiger partial charge in [-0.05, 0) is 6.07 Å². The van der Waals surface area contributed by atoms with Gasteiger partial charge < -0.3 is 4.79 Å². The van der Waals surface area contributed by atoms with Gasteiger partial charge >= 0.3 is 0 Å². The lowest BCUT2D eigenvalue weighted by Crippen LogP contribution is -2.15. The van der Waals surface area contributed by atoms with Crippen molar-refractivity contribution in [2.24, 2.45) is 0 Å². The third-order valence-corrected chi connectivity index (χ3v) is 2.49. The molecule has 0 aromatic carbocycles. The van der Waals surface area contributed by atoms with E-state index in [2.05, 4.69) is 31.0 Å². The van der Waals surface area contributed by atoms with Crippen LogP contribution in [0.2, 0.25) is 0 Å². The van der Waals surface area contributed by atoms with E-state index in [-0.39, 0.29) is 5.41 Å². The van der Waals surface area contributed by atoms with Gasteiger partial charge in [0, 0.05) is 23.6 Å². The zero-order chi connectivity index (χ0) is 11.8. The van der Waals surface area contributed by atoms with Gasteiger partial charge in [-0.2, -0.15) is 0 Å². The van der Waals surface area contributed by atoms with E-state index in [1.165, 1.54) is 0 Å². The molecule has 0 saturated carbocycles. The first-order valence-corrected chi connectivity index (χ1v) is 5.31. The maximum atomic E-state index is 10.6. The van der Waals surface area contributed by atoms with Gasteiger partial charge in [0.1, 0.15) is 12.1 Å². The smallest absolute Gasteiger partial charge is 0.164 e. The molecule has 4 heteroatoms. The Bertz CT molecular complexity index is 523. The molecule has 2 rings (SSSR count). The van der Waals surface area contributed by atoms with E-state index in [9.17, 15) is 4.79 Å². The van der Waals surface area contributed by atoms with Gasteiger partial charge in [0.25, 0.3) is 0 Å². The highest BCUT2D eigenvalue weighted by Crippen LogP contribution is 2.21. The number of nitrogens with zero attached hydrogens (tertiary/aromatic N) is 3. The van der Waals surface area contributed by atoms with Crippen LogP contribution in [-0.2, 0) is 16.6 Å². The van der Waals surface area contributed by atoms with Gasteiger partial charge in [0.05, 0.1) is 0 Å². The number of hydrogen-bond acceptors (Lipinski definition) is 3. The second kappa shape index (κ2) is 3.70. The summed E-state index contributed by atoms with van der Waals surface area (Å²) in [7, 11) is 0. The van der Waals surface area contributed by atoms with Crippen LogP contribution < -0.4 is 0 Å². The number of rotatable bonds is 2. The molecule has 0 saturated heterocycles. The van der Waals surface area contributed by atoms with Crippen LogP contribution in [0.4, 0.5) is 0 Å². The molecular formula is C12H15N3O. The Labute approximate surface area is 94.3 Å². The van der Waals surface area contributed by atoms with E-state index in [4.69, 9.17) is 0 Å². The minimum atomic E-state index is -0.0563. The van der Waals surface area contributed by atoms with E-state index in [1.54, 1.807) is 0 Å². The van der Waals surface area contributed by atoms with Crippen molar-refractivity contribution in [2.75, 3.05) is 0 Å². The van der Waals surface area contributed by atoms with Crippen molar-refractivity contribution >= 4 is 11.9 Å². The van der Waals surface area contributed by atoms with Crippen LogP contribution in [0.5, 0.6) is 0 Å². The lowest BCUT2D eigenvalue weighted by molar-refractivity contribution is -0.107. The molecule has 16 heavy (non-hydrogen) atoms. The van der Waals surface area contributed by atoms with Gasteiger partial charge in [0.15, 0.2) is 5.65 Å². The minimum absolute atomic E-state index is 0.0563. The molecule has 84 valence electrons. The Kier molecular flexibility index (Phi) is 2.50. The second-order valence-corrected chi connectivity index (χ2v) is 4.87. The normalized spacial score (nSPS) is 11.9. The summed E-state index contributed by atoms with van der Waals surface area (Å²) in [5, 5.41) is 8.36. The molecule has 0 aliphatic heterocycles. The van der Waals surface area contributed by atoms with Crippen molar-refractivity contribution in [3.8, 4) is 0 Å². The molecular weight excluding hydrogens is 202 g/mol. The molecule has 0 amide bonds. The molecule has 0 N–H and O–H groups in total. The number of carbonyl (C=O) groups excluding carboxylic acids is 1. The van der Waals surface area contributed by atoms with Crippen molar-refractivity contribution in [1.82, 2.24) is 14.6 Å². The first-order valence-electron chi connectivity index (χ1n) is 5.31. The standard InChI is InChI=1S/C12H15N3O/c1-12(2,3)11-14-13-10-9(6-8-16)5-4-7-15(10)11/h4-5,7-8H,6H2,1-3H3. The average Bonchev–Trinajstić information content (AvgIpc) is 2.62. The van der Waals surface area contributed by atoms with Gasteiger partial charge in [-0.1, -0.05) is 26.8 Å². The van der Waals surface area contributed by atoms with Gasteiger partial charge in [-0.25, -0.2) is 0 Å². The summed E-state index contributed by atoms with van der Waals surface area (Å²) in [6, 6.07) is 3.83. The van der Waals surface area contributed by atoms with Crippen LogP contribution in [0, 0.1) is 0 Å². The Morgan fingerprint density at radius 1 is 1.38 bits per heavy atom. The van der Waals surface area contributed by atoms with Crippen LogP contribution in [0.3, 0.4) is 0 Å². The van der Waals surface area contributed by atoms with Crippen LogP contribution in [-0.4, -0.2) is 20.9 Å². The molecule has 0 aliphatic carbocycles. The SMILES string of the molecule is CC(C)(C)c1nnc2c(CC=O)cccn12. The summed E-state index contributed by atoms with van der Waals surface area (Å²) < 4.78 is 1.96. The molecule has 0 fully saturated rings.